The Morgan fingerprint density at radius 2 is 2.17 bits per heavy atom. The maximum Gasteiger partial charge on any atom is 0.407 e. The van der Waals surface area contributed by atoms with E-state index in [0.717, 1.165) is 22.2 Å². The van der Waals surface area contributed by atoms with Crippen molar-refractivity contribution in [2.45, 2.75) is 52.0 Å². The third-order valence-electron chi connectivity index (χ3n) is 6.09. The van der Waals surface area contributed by atoms with Gasteiger partial charge in [-0.25, -0.2) is 9.31 Å². The van der Waals surface area contributed by atoms with Gasteiger partial charge in [-0.2, -0.15) is 10.4 Å². The fourth-order valence-electron chi connectivity index (χ4n) is 4.66. The highest BCUT2D eigenvalue weighted by Crippen LogP contribution is 2.39. The standard InChI is InChI=1S/C22H25N5O3/c1-22(2,3)17-11-14(8-10-26(17)21(29)30)16-12-18(28)24-20-19-13(7-9-23)5-4-6-15(19)25-27(16)20/h4-6,12,14,17H,7-8,10-11H2,1-3H3,(H,24,28)(H,29,30). The summed E-state index contributed by atoms with van der Waals surface area (Å²) in [6, 6.07) is 9.19. The largest absolute Gasteiger partial charge is 0.465 e. The molecule has 3 heterocycles. The van der Waals surface area contributed by atoms with Crippen molar-refractivity contribution in [2.75, 3.05) is 6.54 Å². The molecule has 1 fully saturated rings. The van der Waals surface area contributed by atoms with Gasteiger partial charge in [0, 0.05) is 30.0 Å². The summed E-state index contributed by atoms with van der Waals surface area (Å²) >= 11 is 0. The van der Waals surface area contributed by atoms with Crippen LogP contribution in [0.2, 0.25) is 0 Å². The number of hydrogen-bond acceptors (Lipinski definition) is 4. The van der Waals surface area contributed by atoms with E-state index >= 15 is 0 Å². The zero-order chi connectivity index (χ0) is 21.6. The molecule has 1 aromatic carbocycles. The Hall–Kier alpha value is -3.34. The molecule has 8 nitrogen and oxygen atoms in total. The van der Waals surface area contributed by atoms with Gasteiger partial charge in [0.2, 0.25) is 0 Å². The topological polar surface area (TPSA) is 114 Å². The molecule has 0 aliphatic carbocycles. The number of fused-ring (bicyclic) bond motifs is 3. The quantitative estimate of drug-likeness (QED) is 0.675. The van der Waals surface area contributed by atoms with Crippen molar-refractivity contribution >= 4 is 22.6 Å². The number of nitrogens with zero attached hydrogens (tertiary/aromatic N) is 4. The Morgan fingerprint density at radius 1 is 1.40 bits per heavy atom. The van der Waals surface area contributed by atoms with Gasteiger partial charge >= 0.3 is 6.09 Å². The van der Waals surface area contributed by atoms with Gasteiger partial charge in [-0.05, 0) is 29.9 Å². The van der Waals surface area contributed by atoms with Gasteiger partial charge < -0.3 is 15.0 Å². The lowest BCUT2D eigenvalue weighted by molar-refractivity contribution is 0.0518. The number of nitrogens with one attached hydrogen (secondary N) is 1. The van der Waals surface area contributed by atoms with Crippen LogP contribution in [-0.4, -0.2) is 43.3 Å². The summed E-state index contributed by atoms with van der Waals surface area (Å²) < 4.78 is 1.77. The molecule has 0 spiro atoms. The highest BCUT2D eigenvalue weighted by Gasteiger charge is 2.39. The van der Waals surface area contributed by atoms with Crippen LogP contribution in [-0.2, 0) is 6.42 Å². The van der Waals surface area contributed by atoms with Crippen LogP contribution in [0.15, 0.2) is 29.1 Å². The van der Waals surface area contributed by atoms with E-state index in [9.17, 15) is 20.0 Å². The fourth-order valence-corrected chi connectivity index (χ4v) is 4.66. The Morgan fingerprint density at radius 3 is 2.83 bits per heavy atom. The number of hydrogen-bond donors (Lipinski definition) is 2. The summed E-state index contributed by atoms with van der Waals surface area (Å²) in [6.07, 6.45) is 0.568. The Kier molecular flexibility index (Phi) is 4.77. The summed E-state index contributed by atoms with van der Waals surface area (Å²) in [7, 11) is 0. The van der Waals surface area contributed by atoms with Crippen LogP contribution in [0, 0.1) is 16.7 Å². The summed E-state index contributed by atoms with van der Waals surface area (Å²) in [4.78, 5) is 28.7. The second-order valence-corrected chi connectivity index (χ2v) is 9.04. The number of amides is 1. The molecule has 2 unspecified atom stereocenters. The lowest BCUT2D eigenvalue weighted by Gasteiger charge is -2.44. The van der Waals surface area contributed by atoms with Gasteiger partial charge in [0.25, 0.3) is 5.56 Å². The van der Waals surface area contributed by atoms with Crippen molar-refractivity contribution in [3.05, 3.63) is 45.9 Å². The van der Waals surface area contributed by atoms with Gasteiger partial charge in [-0.15, -0.1) is 0 Å². The monoisotopic (exact) mass is 407 g/mol. The van der Waals surface area contributed by atoms with Crippen molar-refractivity contribution in [3.8, 4) is 6.07 Å². The first-order valence-electron chi connectivity index (χ1n) is 10.1. The fraction of sp³-hybridized carbons (Fsp3) is 0.455. The van der Waals surface area contributed by atoms with Gasteiger partial charge in [-0.3, -0.25) is 4.79 Å². The highest BCUT2D eigenvalue weighted by molar-refractivity contribution is 5.95. The molecule has 2 N–H and O–H groups in total. The predicted octanol–water partition coefficient (Wildman–Crippen LogP) is 3.51. The van der Waals surface area contributed by atoms with Crippen molar-refractivity contribution in [2.24, 2.45) is 5.41 Å². The third kappa shape index (κ3) is 3.30. The smallest absolute Gasteiger partial charge is 0.407 e. The Balaban J connectivity index is 1.86. The Bertz CT molecular complexity index is 1230. The number of rotatable bonds is 2. The van der Waals surface area contributed by atoms with Crippen molar-refractivity contribution < 1.29 is 9.90 Å². The number of aromatic nitrogens is 3. The summed E-state index contributed by atoms with van der Waals surface area (Å²) in [5, 5.41) is 24.3. The van der Waals surface area contributed by atoms with E-state index in [4.69, 9.17) is 5.10 Å². The first-order chi connectivity index (χ1) is 14.2. The zero-order valence-corrected chi connectivity index (χ0v) is 17.3. The second-order valence-electron chi connectivity index (χ2n) is 9.04. The maximum absolute atomic E-state index is 12.5. The minimum atomic E-state index is -0.907. The SMILES string of the molecule is CC(C)(C)C1CC(c2cc(=O)[nH]c3c4c(CC#N)cccc4nn23)CCN1C(=O)O. The van der Waals surface area contributed by atoms with E-state index in [0.29, 0.717) is 25.0 Å². The number of nitriles is 1. The summed E-state index contributed by atoms with van der Waals surface area (Å²) in [6.45, 7) is 6.54. The van der Waals surface area contributed by atoms with Crippen molar-refractivity contribution in [1.82, 2.24) is 19.5 Å². The molecule has 2 aromatic heterocycles. The van der Waals surface area contributed by atoms with E-state index in [2.05, 4.69) is 11.1 Å². The van der Waals surface area contributed by atoms with E-state index in [1.54, 1.807) is 10.6 Å². The van der Waals surface area contributed by atoms with E-state index in [1.165, 1.54) is 4.90 Å². The van der Waals surface area contributed by atoms with Crippen LogP contribution in [0.4, 0.5) is 4.79 Å². The molecule has 1 aliphatic rings. The van der Waals surface area contributed by atoms with Crippen LogP contribution < -0.4 is 5.56 Å². The zero-order valence-electron chi connectivity index (χ0n) is 17.3. The van der Waals surface area contributed by atoms with Crippen LogP contribution in [0.1, 0.15) is 50.8 Å². The lowest BCUT2D eigenvalue weighted by atomic mass is 9.76. The highest BCUT2D eigenvalue weighted by atomic mass is 16.4. The van der Waals surface area contributed by atoms with Crippen LogP contribution in [0.3, 0.4) is 0 Å². The molecule has 1 amide bonds. The average molecular weight is 407 g/mol. The molecular weight excluding hydrogens is 382 g/mol. The second kappa shape index (κ2) is 7.17. The number of piperidine rings is 1. The molecule has 2 atom stereocenters. The van der Waals surface area contributed by atoms with Crippen LogP contribution in [0.5, 0.6) is 0 Å². The molecule has 4 rings (SSSR count). The maximum atomic E-state index is 12.5. The predicted molar refractivity (Wildman–Crippen MR) is 113 cm³/mol. The molecule has 8 heteroatoms. The van der Waals surface area contributed by atoms with Crippen molar-refractivity contribution in [3.63, 3.8) is 0 Å². The van der Waals surface area contributed by atoms with E-state index in [-0.39, 0.29) is 29.4 Å². The number of H-pyrrole nitrogens is 1. The minimum absolute atomic E-state index is 0.00311. The molecule has 1 aliphatic heterocycles. The van der Waals surface area contributed by atoms with Crippen LogP contribution >= 0.6 is 0 Å². The van der Waals surface area contributed by atoms with E-state index < -0.39 is 6.09 Å². The number of carboxylic acid groups (broad SMARTS) is 1. The molecule has 30 heavy (non-hydrogen) atoms. The van der Waals surface area contributed by atoms with Gasteiger partial charge in [0.15, 0.2) is 0 Å². The Labute approximate surface area is 173 Å². The normalized spacial score (nSPS) is 19.9. The van der Waals surface area contributed by atoms with Crippen molar-refractivity contribution in [1.29, 1.82) is 5.26 Å². The first-order valence-corrected chi connectivity index (χ1v) is 10.1. The lowest BCUT2D eigenvalue weighted by Crippen LogP contribution is -2.51. The number of carbonyl (C=O) groups is 1. The molecular formula is C22H25N5O3. The van der Waals surface area contributed by atoms with Gasteiger partial charge in [-0.1, -0.05) is 32.9 Å². The molecule has 0 radical (unpaired) electrons. The average Bonchev–Trinajstić information content (AvgIpc) is 3.05. The molecule has 3 aromatic rings. The van der Waals surface area contributed by atoms with Gasteiger partial charge in [0.1, 0.15) is 5.65 Å². The van der Waals surface area contributed by atoms with Gasteiger partial charge in [0.05, 0.1) is 23.7 Å². The molecule has 156 valence electrons. The molecule has 0 bridgehead atoms. The number of aromatic amines is 1. The first kappa shape index (κ1) is 20.0. The summed E-state index contributed by atoms with van der Waals surface area (Å²) in [5.74, 6) is 0.00311. The van der Waals surface area contributed by atoms with E-state index in [1.807, 2.05) is 39.0 Å². The summed E-state index contributed by atoms with van der Waals surface area (Å²) in [5.41, 5.74) is 2.47. The number of benzene rings is 1. The third-order valence-corrected chi connectivity index (χ3v) is 6.09. The van der Waals surface area contributed by atoms with Crippen LogP contribution in [0.25, 0.3) is 16.6 Å². The molecule has 1 saturated heterocycles. The molecule has 0 saturated carbocycles. The minimum Gasteiger partial charge on any atom is -0.465 e. The number of likely N-dealkylation sites (tertiary alicyclic amines) is 1.